The maximum Gasteiger partial charge on any atom is 0.0625 e. The summed E-state index contributed by atoms with van der Waals surface area (Å²) in [6.45, 7) is 5.75. The van der Waals surface area contributed by atoms with E-state index in [2.05, 4.69) is 23.4 Å². The highest BCUT2D eigenvalue weighted by atomic mass is 35.5. The summed E-state index contributed by atoms with van der Waals surface area (Å²) in [7, 11) is 1.97. The van der Waals surface area contributed by atoms with Gasteiger partial charge in [0.1, 0.15) is 0 Å². The minimum absolute atomic E-state index is 0.175. The second kappa shape index (κ2) is 5.37. The SMILES string of the molecule is CCc1cc(CNCC(C)Cl)n(C)n1. The van der Waals surface area contributed by atoms with Gasteiger partial charge in [0.2, 0.25) is 0 Å². The first-order valence-electron chi connectivity index (χ1n) is 5.00. The van der Waals surface area contributed by atoms with Crippen molar-refractivity contribution < 1.29 is 0 Å². The molecular weight excluding hydrogens is 198 g/mol. The van der Waals surface area contributed by atoms with Gasteiger partial charge in [0.15, 0.2) is 0 Å². The standard InChI is InChI=1S/C10H18ClN3/c1-4-9-5-10(14(3)13-9)7-12-6-8(2)11/h5,8,12H,4,6-7H2,1-3H3. The minimum Gasteiger partial charge on any atom is -0.310 e. The molecule has 0 bridgehead atoms. The van der Waals surface area contributed by atoms with Crippen LogP contribution in [-0.4, -0.2) is 21.7 Å². The number of alkyl halides is 1. The first kappa shape index (κ1) is 11.5. The molecule has 0 aliphatic carbocycles. The van der Waals surface area contributed by atoms with E-state index in [4.69, 9.17) is 11.6 Å². The van der Waals surface area contributed by atoms with E-state index < -0.39 is 0 Å². The number of hydrogen-bond acceptors (Lipinski definition) is 2. The highest BCUT2D eigenvalue weighted by Gasteiger charge is 2.03. The molecule has 0 fully saturated rings. The molecule has 1 rings (SSSR count). The zero-order valence-corrected chi connectivity index (χ0v) is 9.80. The van der Waals surface area contributed by atoms with Crippen molar-refractivity contribution in [3.63, 3.8) is 0 Å². The largest absolute Gasteiger partial charge is 0.310 e. The van der Waals surface area contributed by atoms with Gasteiger partial charge in [-0.1, -0.05) is 6.92 Å². The van der Waals surface area contributed by atoms with Crippen molar-refractivity contribution in [2.24, 2.45) is 7.05 Å². The van der Waals surface area contributed by atoms with Crippen molar-refractivity contribution in [3.05, 3.63) is 17.5 Å². The molecule has 4 heteroatoms. The number of rotatable bonds is 5. The molecule has 0 saturated carbocycles. The third kappa shape index (κ3) is 3.31. The normalized spacial score (nSPS) is 13.1. The van der Waals surface area contributed by atoms with E-state index in [-0.39, 0.29) is 5.38 Å². The fourth-order valence-electron chi connectivity index (χ4n) is 1.31. The smallest absolute Gasteiger partial charge is 0.0625 e. The lowest BCUT2D eigenvalue weighted by molar-refractivity contribution is 0.620. The fraction of sp³-hybridized carbons (Fsp3) is 0.700. The minimum atomic E-state index is 0.175. The Bertz CT molecular complexity index is 281. The first-order valence-corrected chi connectivity index (χ1v) is 5.43. The summed E-state index contributed by atoms with van der Waals surface area (Å²) >= 11 is 5.83. The second-order valence-electron chi connectivity index (χ2n) is 3.52. The summed E-state index contributed by atoms with van der Waals surface area (Å²) in [5.74, 6) is 0. The second-order valence-corrected chi connectivity index (χ2v) is 4.26. The Morgan fingerprint density at radius 2 is 2.36 bits per heavy atom. The van der Waals surface area contributed by atoms with Crippen LogP contribution in [0.1, 0.15) is 25.2 Å². The molecule has 0 aliphatic rings. The zero-order valence-electron chi connectivity index (χ0n) is 9.05. The zero-order chi connectivity index (χ0) is 10.6. The third-order valence-corrected chi connectivity index (χ3v) is 2.28. The molecule has 0 amide bonds. The van der Waals surface area contributed by atoms with Gasteiger partial charge in [-0.25, -0.2) is 0 Å². The summed E-state index contributed by atoms with van der Waals surface area (Å²) < 4.78 is 1.92. The molecule has 0 aliphatic heterocycles. The lowest BCUT2D eigenvalue weighted by Crippen LogP contribution is -2.22. The average molecular weight is 216 g/mol. The van der Waals surface area contributed by atoms with Crippen LogP contribution in [-0.2, 0) is 20.0 Å². The molecule has 0 saturated heterocycles. The molecule has 0 radical (unpaired) electrons. The fourth-order valence-corrected chi connectivity index (χ4v) is 1.42. The Kier molecular flexibility index (Phi) is 4.42. The average Bonchev–Trinajstić information content (AvgIpc) is 2.47. The van der Waals surface area contributed by atoms with Crippen LogP contribution >= 0.6 is 11.6 Å². The van der Waals surface area contributed by atoms with Crippen molar-refractivity contribution in [1.82, 2.24) is 15.1 Å². The van der Waals surface area contributed by atoms with Gasteiger partial charge in [-0.2, -0.15) is 5.10 Å². The monoisotopic (exact) mass is 215 g/mol. The van der Waals surface area contributed by atoms with Gasteiger partial charge in [-0.3, -0.25) is 4.68 Å². The van der Waals surface area contributed by atoms with Crippen LogP contribution < -0.4 is 5.32 Å². The van der Waals surface area contributed by atoms with Crippen LogP contribution in [0, 0.1) is 0 Å². The summed E-state index contributed by atoms with van der Waals surface area (Å²) in [5.41, 5.74) is 2.35. The maximum absolute atomic E-state index is 5.83. The van der Waals surface area contributed by atoms with Crippen molar-refractivity contribution in [2.75, 3.05) is 6.54 Å². The molecule has 1 heterocycles. The quantitative estimate of drug-likeness (QED) is 0.758. The van der Waals surface area contributed by atoms with E-state index >= 15 is 0 Å². The predicted octanol–water partition coefficient (Wildman–Crippen LogP) is 1.70. The summed E-state index contributed by atoms with van der Waals surface area (Å²) in [4.78, 5) is 0. The Hall–Kier alpha value is -0.540. The molecule has 1 atom stereocenters. The molecule has 80 valence electrons. The molecule has 14 heavy (non-hydrogen) atoms. The molecule has 3 nitrogen and oxygen atoms in total. The topological polar surface area (TPSA) is 29.9 Å². The maximum atomic E-state index is 5.83. The molecule has 1 N–H and O–H groups in total. The first-order chi connectivity index (χ1) is 6.63. The Balaban J connectivity index is 2.45. The third-order valence-electron chi connectivity index (χ3n) is 2.12. The summed E-state index contributed by atoms with van der Waals surface area (Å²) in [6, 6.07) is 2.13. The molecule has 0 spiro atoms. The number of nitrogens with zero attached hydrogens (tertiary/aromatic N) is 2. The van der Waals surface area contributed by atoms with Gasteiger partial charge in [0.25, 0.3) is 0 Å². The Morgan fingerprint density at radius 1 is 1.64 bits per heavy atom. The number of aryl methyl sites for hydroxylation is 2. The van der Waals surface area contributed by atoms with Gasteiger partial charge < -0.3 is 5.32 Å². The number of halogens is 1. The van der Waals surface area contributed by atoms with Gasteiger partial charge in [-0.05, 0) is 19.4 Å². The van der Waals surface area contributed by atoms with Crippen LogP contribution in [0.5, 0.6) is 0 Å². The number of nitrogens with one attached hydrogen (secondary N) is 1. The van der Waals surface area contributed by atoms with Crippen LogP contribution in [0.4, 0.5) is 0 Å². The van der Waals surface area contributed by atoms with E-state index in [1.54, 1.807) is 0 Å². The molecule has 1 unspecified atom stereocenters. The lowest BCUT2D eigenvalue weighted by atomic mass is 10.3. The van der Waals surface area contributed by atoms with Crippen molar-refractivity contribution >= 4 is 11.6 Å². The molecule has 1 aromatic rings. The van der Waals surface area contributed by atoms with Crippen LogP contribution in [0.25, 0.3) is 0 Å². The van der Waals surface area contributed by atoms with Gasteiger partial charge in [0.05, 0.1) is 11.4 Å². The lowest BCUT2D eigenvalue weighted by Gasteiger charge is -2.05. The Labute approximate surface area is 90.4 Å². The van der Waals surface area contributed by atoms with Crippen molar-refractivity contribution in [3.8, 4) is 0 Å². The van der Waals surface area contributed by atoms with Gasteiger partial charge in [0, 0.05) is 25.5 Å². The highest BCUT2D eigenvalue weighted by molar-refractivity contribution is 6.20. The van der Waals surface area contributed by atoms with Crippen LogP contribution in [0.15, 0.2) is 6.07 Å². The van der Waals surface area contributed by atoms with Crippen molar-refractivity contribution in [1.29, 1.82) is 0 Å². The van der Waals surface area contributed by atoms with E-state index in [1.165, 1.54) is 5.69 Å². The molecule has 1 aromatic heterocycles. The molecular formula is C10H18ClN3. The number of hydrogen-bond donors (Lipinski definition) is 1. The highest BCUT2D eigenvalue weighted by Crippen LogP contribution is 2.03. The Morgan fingerprint density at radius 3 is 2.86 bits per heavy atom. The summed E-state index contributed by atoms with van der Waals surface area (Å²) in [5, 5.41) is 7.83. The molecule has 0 aromatic carbocycles. The van der Waals surface area contributed by atoms with E-state index in [0.717, 1.165) is 25.2 Å². The van der Waals surface area contributed by atoms with Crippen molar-refractivity contribution in [2.45, 2.75) is 32.2 Å². The van der Waals surface area contributed by atoms with Crippen LogP contribution in [0.3, 0.4) is 0 Å². The number of aromatic nitrogens is 2. The predicted molar refractivity (Wildman–Crippen MR) is 59.6 cm³/mol. The van der Waals surface area contributed by atoms with E-state index in [0.29, 0.717) is 0 Å². The van der Waals surface area contributed by atoms with Crippen LogP contribution in [0.2, 0.25) is 0 Å². The van der Waals surface area contributed by atoms with E-state index in [9.17, 15) is 0 Å². The van der Waals surface area contributed by atoms with E-state index in [1.807, 2.05) is 18.7 Å². The summed E-state index contributed by atoms with van der Waals surface area (Å²) in [6.07, 6.45) is 0.986. The van der Waals surface area contributed by atoms with Gasteiger partial charge in [-0.15, -0.1) is 11.6 Å². The van der Waals surface area contributed by atoms with Gasteiger partial charge >= 0.3 is 0 Å².